The van der Waals surface area contributed by atoms with Crippen molar-refractivity contribution in [2.24, 2.45) is 0 Å². The van der Waals surface area contributed by atoms with Gasteiger partial charge in [-0.1, -0.05) is 33.6 Å². The molecule has 1 aliphatic rings. The lowest BCUT2D eigenvalue weighted by atomic mass is 9.96. The number of nitrogens with zero attached hydrogens (tertiary/aromatic N) is 1. The summed E-state index contributed by atoms with van der Waals surface area (Å²) in [5.74, 6) is -1.30. The largest absolute Gasteiger partial charge is 0.341 e. The van der Waals surface area contributed by atoms with E-state index in [1.54, 1.807) is 30.3 Å². The molecule has 0 saturated heterocycles. The lowest BCUT2D eigenvalue weighted by molar-refractivity contribution is 0.0959. The summed E-state index contributed by atoms with van der Waals surface area (Å²) < 4.78 is 14.5. The fourth-order valence-electron chi connectivity index (χ4n) is 3.39. The molecule has 2 amide bonds. The number of rotatable bonds is 3. The van der Waals surface area contributed by atoms with Crippen LogP contribution in [0.25, 0.3) is 0 Å². The Labute approximate surface area is 184 Å². The minimum Gasteiger partial charge on any atom is -0.341 e. The smallest absolute Gasteiger partial charge is 0.255 e. The van der Waals surface area contributed by atoms with Crippen LogP contribution < -0.4 is 10.6 Å². The van der Waals surface area contributed by atoms with Crippen LogP contribution in [0.15, 0.2) is 59.1 Å². The predicted octanol–water partition coefficient (Wildman–Crippen LogP) is 5.20. The molecule has 0 radical (unpaired) electrons. The molecule has 3 aromatic rings. The fraction of sp³-hybridized carbons (Fsp3) is 0.0455. The highest BCUT2D eigenvalue weighted by Crippen LogP contribution is 2.41. The third kappa shape index (κ3) is 3.67. The van der Waals surface area contributed by atoms with Crippen LogP contribution in [0.3, 0.4) is 0 Å². The summed E-state index contributed by atoms with van der Waals surface area (Å²) in [7, 11) is 0. The molecule has 0 saturated carbocycles. The van der Waals surface area contributed by atoms with Crippen LogP contribution in [0.5, 0.6) is 0 Å². The molecular formula is C22H12BrClFN3O2. The first-order chi connectivity index (χ1) is 14.4. The van der Waals surface area contributed by atoms with Crippen LogP contribution in [-0.4, -0.2) is 11.8 Å². The minimum absolute atomic E-state index is 0.288. The molecule has 2 N–H and O–H groups in total. The van der Waals surface area contributed by atoms with E-state index < -0.39 is 17.8 Å². The molecule has 1 unspecified atom stereocenters. The average Bonchev–Trinajstić information content (AvgIpc) is 3.06. The summed E-state index contributed by atoms with van der Waals surface area (Å²) in [4.78, 5) is 25.4. The van der Waals surface area contributed by atoms with Gasteiger partial charge in [-0.25, -0.2) is 4.39 Å². The molecule has 0 fully saturated rings. The van der Waals surface area contributed by atoms with Gasteiger partial charge >= 0.3 is 0 Å². The monoisotopic (exact) mass is 483 g/mol. The Morgan fingerprint density at radius 1 is 1.20 bits per heavy atom. The number of halogens is 3. The zero-order chi connectivity index (χ0) is 21.4. The van der Waals surface area contributed by atoms with Crippen molar-refractivity contribution in [2.45, 2.75) is 6.04 Å². The summed E-state index contributed by atoms with van der Waals surface area (Å²) in [6.07, 6.45) is 0. The van der Waals surface area contributed by atoms with E-state index in [4.69, 9.17) is 16.9 Å². The summed E-state index contributed by atoms with van der Waals surface area (Å²) >= 11 is 9.62. The zero-order valence-electron chi connectivity index (χ0n) is 15.2. The third-order valence-electron chi connectivity index (χ3n) is 4.72. The number of carbonyl (C=O) groups is 2. The standard InChI is InChI=1S/C22H12BrClFN3O2/c23-13-7-16-19(20(28-22(16)30)15-9-14(25)4-5-17(15)24)18(8-13)27-21(29)12-3-1-2-11(6-12)10-26/h1-9,20H,(H,27,29)(H,28,30). The number of fused-ring (bicyclic) bond motifs is 1. The van der Waals surface area contributed by atoms with Gasteiger partial charge in [0, 0.05) is 37.4 Å². The van der Waals surface area contributed by atoms with Crippen molar-refractivity contribution in [3.63, 3.8) is 0 Å². The Morgan fingerprint density at radius 3 is 2.77 bits per heavy atom. The van der Waals surface area contributed by atoms with E-state index in [2.05, 4.69) is 26.6 Å². The van der Waals surface area contributed by atoms with Crippen molar-refractivity contribution in [3.05, 3.63) is 97.7 Å². The SMILES string of the molecule is N#Cc1cccc(C(=O)Nc2cc(Br)cc3c2C(c2cc(F)ccc2Cl)NC3=O)c1. The van der Waals surface area contributed by atoms with Gasteiger partial charge in [0.05, 0.1) is 17.7 Å². The molecular weight excluding hydrogens is 473 g/mol. The Bertz CT molecular complexity index is 1260. The van der Waals surface area contributed by atoms with Gasteiger partial charge in [0.1, 0.15) is 5.82 Å². The quantitative estimate of drug-likeness (QED) is 0.536. The highest BCUT2D eigenvalue weighted by atomic mass is 79.9. The number of carbonyl (C=O) groups excluding carboxylic acids is 2. The molecule has 1 atom stereocenters. The second kappa shape index (κ2) is 7.90. The summed E-state index contributed by atoms with van der Waals surface area (Å²) in [6.45, 7) is 0. The maximum atomic E-state index is 13.9. The first-order valence-electron chi connectivity index (χ1n) is 8.78. The van der Waals surface area contributed by atoms with Gasteiger partial charge in [-0.2, -0.15) is 5.26 Å². The molecule has 5 nitrogen and oxygen atoms in total. The second-order valence-electron chi connectivity index (χ2n) is 6.63. The average molecular weight is 485 g/mol. The Kier molecular flexibility index (Phi) is 5.29. The molecule has 8 heteroatoms. The van der Waals surface area contributed by atoms with Crippen LogP contribution >= 0.6 is 27.5 Å². The molecule has 4 rings (SSSR count). The number of hydrogen-bond acceptors (Lipinski definition) is 3. The molecule has 1 aliphatic heterocycles. The molecule has 3 aromatic carbocycles. The maximum absolute atomic E-state index is 13.9. The molecule has 30 heavy (non-hydrogen) atoms. The van der Waals surface area contributed by atoms with E-state index in [0.29, 0.717) is 38.0 Å². The Hall–Kier alpha value is -3.21. The van der Waals surface area contributed by atoms with Gasteiger partial charge in [0.15, 0.2) is 0 Å². The van der Waals surface area contributed by atoms with Crippen LogP contribution in [0, 0.1) is 17.1 Å². The highest BCUT2D eigenvalue weighted by molar-refractivity contribution is 9.10. The summed E-state index contributed by atoms with van der Waals surface area (Å²) in [6, 6.07) is 14.7. The summed E-state index contributed by atoms with van der Waals surface area (Å²) in [5.41, 5.74) is 2.23. The van der Waals surface area contributed by atoms with E-state index in [-0.39, 0.29) is 10.9 Å². The lowest BCUT2D eigenvalue weighted by Crippen LogP contribution is -2.21. The van der Waals surface area contributed by atoms with Crippen LogP contribution in [0.1, 0.15) is 43.4 Å². The van der Waals surface area contributed by atoms with E-state index in [9.17, 15) is 14.0 Å². The van der Waals surface area contributed by atoms with E-state index in [0.717, 1.165) is 0 Å². The van der Waals surface area contributed by atoms with Gasteiger partial charge in [-0.3, -0.25) is 9.59 Å². The minimum atomic E-state index is -0.732. The molecule has 1 heterocycles. The third-order valence-corrected chi connectivity index (χ3v) is 5.53. The number of nitrogens with one attached hydrogen (secondary N) is 2. The normalized spacial score (nSPS) is 14.6. The first kappa shape index (κ1) is 20.1. The summed E-state index contributed by atoms with van der Waals surface area (Å²) in [5, 5.41) is 14.9. The fourth-order valence-corrected chi connectivity index (χ4v) is 4.08. The maximum Gasteiger partial charge on any atom is 0.255 e. The number of benzene rings is 3. The number of nitriles is 1. The number of anilines is 1. The van der Waals surface area contributed by atoms with Crippen molar-refractivity contribution in [2.75, 3.05) is 5.32 Å². The van der Waals surface area contributed by atoms with Crippen molar-refractivity contribution < 1.29 is 14.0 Å². The van der Waals surface area contributed by atoms with Gasteiger partial charge < -0.3 is 10.6 Å². The van der Waals surface area contributed by atoms with Gasteiger partial charge in [-0.05, 0) is 48.5 Å². The van der Waals surface area contributed by atoms with E-state index in [1.807, 2.05) is 6.07 Å². The zero-order valence-corrected chi connectivity index (χ0v) is 17.5. The Morgan fingerprint density at radius 2 is 2.00 bits per heavy atom. The van der Waals surface area contributed by atoms with Crippen LogP contribution in [0.2, 0.25) is 5.02 Å². The van der Waals surface area contributed by atoms with Gasteiger partial charge in [0.2, 0.25) is 0 Å². The van der Waals surface area contributed by atoms with Crippen molar-refractivity contribution in [1.82, 2.24) is 5.32 Å². The van der Waals surface area contributed by atoms with Crippen molar-refractivity contribution >= 4 is 45.0 Å². The molecule has 0 aromatic heterocycles. The lowest BCUT2D eigenvalue weighted by Gasteiger charge is -2.18. The first-order valence-corrected chi connectivity index (χ1v) is 9.95. The molecule has 148 valence electrons. The van der Waals surface area contributed by atoms with E-state index in [1.165, 1.54) is 24.3 Å². The molecule has 0 bridgehead atoms. The number of amides is 2. The molecule has 0 spiro atoms. The van der Waals surface area contributed by atoms with Gasteiger partial charge in [-0.15, -0.1) is 0 Å². The van der Waals surface area contributed by atoms with E-state index >= 15 is 0 Å². The second-order valence-corrected chi connectivity index (χ2v) is 7.96. The Balaban J connectivity index is 1.80. The molecule has 0 aliphatic carbocycles. The van der Waals surface area contributed by atoms with Crippen LogP contribution in [0.4, 0.5) is 10.1 Å². The predicted molar refractivity (Wildman–Crippen MR) is 114 cm³/mol. The van der Waals surface area contributed by atoms with Crippen LogP contribution in [-0.2, 0) is 0 Å². The van der Waals surface area contributed by atoms with Crippen molar-refractivity contribution in [1.29, 1.82) is 5.26 Å². The number of hydrogen-bond donors (Lipinski definition) is 2. The topological polar surface area (TPSA) is 82.0 Å². The highest BCUT2D eigenvalue weighted by Gasteiger charge is 2.34. The van der Waals surface area contributed by atoms with Gasteiger partial charge in [0.25, 0.3) is 11.8 Å². The van der Waals surface area contributed by atoms with Crippen molar-refractivity contribution in [3.8, 4) is 6.07 Å².